The van der Waals surface area contributed by atoms with Crippen LogP contribution in [0, 0.1) is 25.2 Å². The molecule has 264 valence electrons. The van der Waals surface area contributed by atoms with Gasteiger partial charge in [0.25, 0.3) is 15.6 Å². The van der Waals surface area contributed by atoms with Crippen molar-refractivity contribution >= 4 is 37.8 Å². The van der Waals surface area contributed by atoms with Gasteiger partial charge in [-0.25, -0.2) is 22.4 Å². The van der Waals surface area contributed by atoms with Crippen molar-refractivity contribution in [3.63, 3.8) is 0 Å². The molecule has 1 unspecified atom stereocenters. The molecule has 1 aliphatic heterocycles. The number of fused-ring (bicyclic) bond motifs is 2. The first kappa shape index (κ1) is 33.8. The van der Waals surface area contributed by atoms with Gasteiger partial charge in [0, 0.05) is 54.8 Å². The number of hydrogen-bond acceptors (Lipinski definition) is 8. The number of anilines is 1. The molecule has 1 saturated heterocycles. The molecule has 1 aliphatic carbocycles. The lowest BCUT2D eigenvalue weighted by molar-refractivity contribution is -0.0672. The molecular weight excluding hydrogens is 675 g/mol. The number of terminal acetylenes is 1. The number of nitrogens with zero attached hydrogens (tertiary/aromatic N) is 5. The molecule has 6 aromatic rings. The van der Waals surface area contributed by atoms with Gasteiger partial charge >= 0.3 is 0 Å². The molecule has 1 atom stereocenters. The highest BCUT2D eigenvalue weighted by Crippen LogP contribution is 2.43. The first-order valence-electron chi connectivity index (χ1n) is 17.5. The molecule has 8 rings (SSSR count). The van der Waals surface area contributed by atoms with E-state index in [1.54, 1.807) is 43.6 Å². The van der Waals surface area contributed by atoms with E-state index in [4.69, 9.17) is 21.1 Å². The van der Waals surface area contributed by atoms with Gasteiger partial charge in [0.15, 0.2) is 5.60 Å². The summed E-state index contributed by atoms with van der Waals surface area (Å²) in [5, 5.41) is 12.5. The van der Waals surface area contributed by atoms with Gasteiger partial charge in [-0.3, -0.25) is 4.79 Å². The average molecular weight is 714 g/mol. The Bertz CT molecular complexity index is 2530. The fraction of sp³-hybridized carbons (Fsp3) is 0.293. The lowest BCUT2D eigenvalue weighted by atomic mass is 9.87. The second-order valence-corrected chi connectivity index (χ2v) is 15.7. The molecule has 11 heteroatoms. The molecule has 3 aromatic carbocycles. The molecule has 1 saturated carbocycles. The van der Waals surface area contributed by atoms with Gasteiger partial charge < -0.3 is 19.3 Å². The molecule has 0 radical (unpaired) electrons. The summed E-state index contributed by atoms with van der Waals surface area (Å²) < 4.78 is 37.0. The van der Waals surface area contributed by atoms with E-state index >= 15 is 0 Å². The Morgan fingerprint density at radius 1 is 0.962 bits per heavy atom. The van der Waals surface area contributed by atoms with Crippen molar-refractivity contribution in [2.75, 3.05) is 24.6 Å². The molecular formula is C41H39N5O5S. The highest BCUT2D eigenvalue weighted by atomic mass is 32.2. The molecule has 0 bridgehead atoms. The zero-order chi connectivity index (χ0) is 36.2. The average Bonchev–Trinajstić information content (AvgIpc) is 3.88. The van der Waals surface area contributed by atoms with Crippen LogP contribution < -0.4 is 10.5 Å². The highest BCUT2D eigenvalue weighted by Gasteiger charge is 2.44. The van der Waals surface area contributed by atoms with Crippen LogP contribution in [0.1, 0.15) is 42.5 Å². The van der Waals surface area contributed by atoms with Gasteiger partial charge in [0.05, 0.1) is 28.8 Å². The van der Waals surface area contributed by atoms with Crippen LogP contribution >= 0.6 is 0 Å². The number of aliphatic hydroxyl groups is 1. The van der Waals surface area contributed by atoms with E-state index in [1.807, 2.05) is 55.5 Å². The second kappa shape index (κ2) is 13.0. The third-order valence-electron chi connectivity index (χ3n) is 10.3. The molecule has 0 spiro atoms. The Kier molecular flexibility index (Phi) is 8.49. The van der Waals surface area contributed by atoms with E-state index in [-0.39, 0.29) is 29.0 Å². The second-order valence-electron chi connectivity index (χ2n) is 13.9. The van der Waals surface area contributed by atoms with E-state index in [0.717, 1.165) is 46.3 Å². The van der Waals surface area contributed by atoms with Crippen molar-refractivity contribution in [3.05, 3.63) is 118 Å². The molecule has 1 N–H and O–H groups in total. The molecule has 0 amide bonds. The first-order chi connectivity index (χ1) is 25.1. The lowest BCUT2D eigenvalue weighted by Crippen LogP contribution is -2.39. The van der Waals surface area contributed by atoms with Crippen LogP contribution in [0.15, 0.2) is 101 Å². The summed E-state index contributed by atoms with van der Waals surface area (Å²) in [7, 11) is -2.46. The van der Waals surface area contributed by atoms with Gasteiger partial charge in [-0.2, -0.15) is 0 Å². The summed E-state index contributed by atoms with van der Waals surface area (Å²) in [6.07, 6.45) is 12.3. The number of ether oxygens (including phenoxy) is 1. The summed E-state index contributed by atoms with van der Waals surface area (Å²) in [5.74, 6) is 3.64. The zero-order valence-electron chi connectivity index (χ0n) is 29.1. The van der Waals surface area contributed by atoms with Crippen LogP contribution in [0.25, 0.3) is 32.9 Å². The summed E-state index contributed by atoms with van der Waals surface area (Å²) in [4.78, 5) is 26.1. The van der Waals surface area contributed by atoms with Gasteiger partial charge in [-0.15, -0.1) is 12.3 Å². The SMILES string of the molecule is C#CC1CCN(c2nc(C(CO)(OC3CC3)c3ccccc3)c3cc(-c4cn(C)c(=O)c5c4ccn5S(=O)(=O)c4ccc(C)cc4)ccc3n2)CC1. The highest BCUT2D eigenvalue weighted by molar-refractivity contribution is 7.90. The minimum absolute atomic E-state index is 0.0334. The minimum atomic E-state index is -4.07. The van der Waals surface area contributed by atoms with Crippen molar-refractivity contribution in [3.8, 4) is 23.5 Å². The normalized spacial score (nSPS) is 16.6. The molecule has 10 nitrogen and oxygen atoms in total. The number of aliphatic hydroxyl groups excluding tert-OH is 1. The van der Waals surface area contributed by atoms with Crippen LogP contribution in [0.3, 0.4) is 0 Å². The van der Waals surface area contributed by atoms with Crippen molar-refractivity contribution in [1.29, 1.82) is 0 Å². The predicted molar refractivity (Wildman–Crippen MR) is 202 cm³/mol. The van der Waals surface area contributed by atoms with Crippen LogP contribution in [0.2, 0.25) is 0 Å². The molecule has 52 heavy (non-hydrogen) atoms. The van der Waals surface area contributed by atoms with E-state index in [9.17, 15) is 18.3 Å². The molecule has 2 aliphatic rings. The Balaban J connectivity index is 1.34. The Labute approximate surface area is 302 Å². The quantitative estimate of drug-likeness (QED) is 0.188. The van der Waals surface area contributed by atoms with Crippen molar-refractivity contribution < 1.29 is 18.3 Å². The number of aryl methyl sites for hydroxylation is 2. The third kappa shape index (κ3) is 5.77. The standard InChI is InChI=1S/C41H39N5O5S/c1-4-28-18-21-45(22-19-28)40-42-36-17-12-29(24-34(36)38(43-40)41(26-47,51-31-13-14-31)30-8-6-5-7-9-30)35-25-44(3)39(48)37-33(35)20-23-46(37)52(49,50)32-15-10-27(2)11-16-32/h1,5-12,15-17,20,23-25,28,31,47H,13-14,18-19,21-22,26H2,2-3H3. The fourth-order valence-corrected chi connectivity index (χ4v) is 8.55. The number of benzene rings is 3. The number of pyridine rings is 1. The van der Waals surface area contributed by atoms with Gasteiger partial charge in [-0.05, 0) is 74.1 Å². The van der Waals surface area contributed by atoms with E-state index in [2.05, 4.69) is 10.8 Å². The Morgan fingerprint density at radius 3 is 2.37 bits per heavy atom. The van der Waals surface area contributed by atoms with Gasteiger partial charge in [0.1, 0.15) is 5.52 Å². The van der Waals surface area contributed by atoms with E-state index in [0.29, 0.717) is 46.6 Å². The van der Waals surface area contributed by atoms with Crippen LogP contribution in [-0.4, -0.2) is 57.8 Å². The van der Waals surface area contributed by atoms with Crippen LogP contribution in [0.4, 0.5) is 5.95 Å². The monoisotopic (exact) mass is 713 g/mol. The smallest absolute Gasteiger partial charge is 0.275 e. The Morgan fingerprint density at radius 2 is 1.69 bits per heavy atom. The maximum absolute atomic E-state index is 13.9. The molecule has 3 aromatic heterocycles. The van der Waals surface area contributed by atoms with Crippen LogP contribution in [0.5, 0.6) is 0 Å². The summed E-state index contributed by atoms with van der Waals surface area (Å²) in [6.45, 7) is 2.94. The van der Waals surface area contributed by atoms with Crippen molar-refractivity contribution in [1.82, 2.24) is 18.5 Å². The Hall–Kier alpha value is -5.28. The molecule has 2 fully saturated rings. The fourth-order valence-electron chi connectivity index (χ4n) is 7.21. The number of hydrogen-bond donors (Lipinski definition) is 1. The lowest BCUT2D eigenvalue weighted by Gasteiger charge is -2.35. The topological polar surface area (TPSA) is 120 Å². The summed E-state index contributed by atoms with van der Waals surface area (Å²) >= 11 is 0. The maximum atomic E-state index is 13.9. The largest absolute Gasteiger partial charge is 0.393 e. The van der Waals surface area contributed by atoms with Gasteiger partial charge in [-0.1, -0.05) is 54.1 Å². The summed E-state index contributed by atoms with van der Waals surface area (Å²) in [5.41, 5.74) is 2.59. The molecule has 4 heterocycles. The van der Waals surface area contributed by atoms with Crippen LogP contribution in [-0.2, 0) is 27.4 Å². The summed E-state index contributed by atoms with van der Waals surface area (Å²) in [6, 6.07) is 23.7. The van der Waals surface area contributed by atoms with Crippen molar-refractivity contribution in [2.24, 2.45) is 13.0 Å². The first-order valence-corrected chi connectivity index (χ1v) is 19.0. The zero-order valence-corrected chi connectivity index (χ0v) is 29.9. The number of piperidine rings is 1. The van der Waals surface area contributed by atoms with Crippen molar-refractivity contribution in [2.45, 2.75) is 49.2 Å². The number of rotatable bonds is 9. The maximum Gasteiger partial charge on any atom is 0.275 e. The predicted octanol–water partition coefficient (Wildman–Crippen LogP) is 5.76. The minimum Gasteiger partial charge on any atom is -0.393 e. The third-order valence-corrected chi connectivity index (χ3v) is 12.0. The van der Waals surface area contributed by atoms with E-state index < -0.39 is 21.2 Å². The van der Waals surface area contributed by atoms with Gasteiger partial charge in [0.2, 0.25) is 5.95 Å². The van der Waals surface area contributed by atoms with E-state index in [1.165, 1.54) is 10.8 Å². The number of aromatic nitrogens is 4.